The molecule has 2 unspecified atom stereocenters. The first-order valence-corrected chi connectivity index (χ1v) is 5.94. The van der Waals surface area contributed by atoms with Crippen LogP contribution in [-0.2, 0) is 4.79 Å². The Bertz CT molecular complexity index is 401. The molecule has 0 amide bonds. The third-order valence-corrected chi connectivity index (χ3v) is 3.01. The molecule has 0 aliphatic rings. The van der Waals surface area contributed by atoms with E-state index in [-0.39, 0.29) is 18.4 Å². The Morgan fingerprint density at radius 2 is 2.06 bits per heavy atom. The Kier molecular flexibility index (Phi) is 4.70. The van der Waals surface area contributed by atoms with E-state index in [1.54, 1.807) is 0 Å². The first-order valence-electron chi connectivity index (χ1n) is 5.94. The first kappa shape index (κ1) is 13.7. The Hall–Kier alpha value is -1.35. The lowest BCUT2D eigenvalue weighted by Crippen LogP contribution is -2.17. The minimum atomic E-state index is -0.759. The molecule has 3 heteroatoms. The summed E-state index contributed by atoms with van der Waals surface area (Å²) in [5.41, 5.74) is 9.63. The molecule has 0 spiro atoms. The van der Waals surface area contributed by atoms with E-state index in [2.05, 4.69) is 18.2 Å². The summed E-state index contributed by atoms with van der Waals surface area (Å²) in [6, 6.07) is 6.13. The predicted molar refractivity (Wildman–Crippen MR) is 68.9 cm³/mol. The van der Waals surface area contributed by atoms with E-state index in [0.717, 1.165) is 5.56 Å². The molecule has 3 nitrogen and oxygen atoms in total. The molecular weight excluding hydrogens is 214 g/mol. The summed E-state index contributed by atoms with van der Waals surface area (Å²) in [6.45, 7) is 6.01. The van der Waals surface area contributed by atoms with Crippen molar-refractivity contribution < 1.29 is 9.90 Å². The third kappa shape index (κ3) is 4.19. The maximum absolute atomic E-state index is 10.6. The molecule has 0 saturated carbocycles. The Labute approximate surface area is 103 Å². The molecule has 0 aliphatic heterocycles. The van der Waals surface area contributed by atoms with E-state index in [1.807, 2.05) is 20.8 Å². The van der Waals surface area contributed by atoms with Crippen molar-refractivity contribution in [3.05, 3.63) is 34.9 Å². The molecule has 3 N–H and O–H groups in total. The smallest absolute Gasteiger partial charge is 0.303 e. The molecule has 1 aromatic carbocycles. The molecule has 0 heterocycles. The summed E-state index contributed by atoms with van der Waals surface area (Å²) in [7, 11) is 0. The van der Waals surface area contributed by atoms with Crippen LogP contribution in [0.1, 0.15) is 42.5 Å². The number of aryl methyl sites for hydroxylation is 2. The van der Waals surface area contributed by atoms with Gasteiger partial charge >= 0.3 is 5.97 Å². The van der Waals surface area contributed by atoms with Gasteiger partial charge in [-0.25, -0.2) is 0 Å². The Balaban J connectivity index is 2.72. The highest BCUT2D eigenvalue weighted by Gasteiger charge is 2.15. The minimum absolute atomic E-state index is 0.0794. The van der Waals surface area contributed by atoms with Crippen LogP contribution in [0.25, 0.3) is 0 Å². The number of carboxylic acids is 1. The number of aliphatic carboxylic acids is 1. The highest BCUT2D eigenvalue weighted by Crippen LogP contribution is 2.24. The molecule has 0 saturated heterocycles. The summed E-state index contributed by atoms with van der Waals surface area (Å²) in [6.07, 6.45) is 0.884. The van der Waals surface area contributed by atoms with Gasteiger partial charge in [-0.05, 0) is 37.3 Å². The predicted octanol–water partition coefficient (Wildman–Crippen LogP) is 2.80. The van der Waals surface area contributed by atoms with E-state index in [0.29, 0.717) is 6.42 Å². The van der Waals surface area contributed by atoms with Gasteiger partial charge in [0.1, 0.15) is 0 Å². The fourth-order valence-electron chi connectivity index (χ4n) is 2.10. The highest BCUT2D eigenvalue weighted by atomic mass is 16.4. The van der Waals surface area contributed by atoms with Gasteiger partial charge in [0, 0.05) is 12.5 Å². The van der Waals surface area contributed by atoms with Gasteiger partial charge in [0.25, 0.3) is 0 Å². The van der Waals surface area contributed by atoms with Crippen LogP contribution in [0.2, 0.25) is 0 Å². The zero-order valence-electron chi connectivity index (χ0n) is 10.7. The van der Waals surface area contributed by atoms with Gasteiger partial charge < -0.3 is 10.8 Å². The van der Waals surface area contributed by atoms with Crippen molar-refractivity contribution in [2.24, 2.45) is 11.7 Å². The van der Waals surface area contributed by atoms with Gasteiger partial charge in [-0.15, -0.1) is 0 Å². The summed E-state index contributed by atoms with van der Waals surface area (Å²) in [5, 5.41) is 8.73. The molecule has 2 atom stereocenters. The van der Waals surface area contributed by atoms with Crippen molar-refractivity contribution in [3.8, 4) is 0 Å². The number of hydrogen-bond acceptors (Lipinski definition) is 2. The number of hydrogen-bond donors (Lipinski definition) is 2. The molecule has 0 bridgehead atoms. The molecule has 0 aromatic heterocycles. The number of rotatable bonds is 5. The highest BCUT2D eigenvalue weighted by molar-refractivity contribution is 5.66. The second-order valence-corrected chi connectivity index (χ2v) is 4.91. The van der Waals surface area contributed by atoms with Crippen LogP contribution in [0.4, 0.5) is 0 Å². The number of benzene rings is 1. The standard InChI is InChI=1S/C14H21NO2/c1-9-4-5-11(3)12(6-9)13(15)7-10(2)8-14(16)17/h4-6,10,13H,7-8,15H2,1-3H3,(H,16,17). The van der Waals surface area contributed by atoms with E-state index in [9.17, 15) is 4.79 Å². The second kappa shape index (κ2) is 5.82. The van der Waals surface area contributed by atoms with Crippen molar-refractivity contribution >= 4 is 5.97 Å². The zero-order valence-corrected chi connectivity index (χ0v) is 10.7. The average Bonchev–Trinajstić information content (AvgIpc) is 2.20. The van der Waals surface area contributed by atoms with Gasteiger partial charge in [0.2, 0.25) is 0 Å². The van der Waals surface area contributed by atoms with Crippen LogP contribution >= 0.6 is 0 Å². The van der Waals surface area contributed by atoms with Crippen LogP contribution in [-0.4, -0.2) is 11.1 Å². The van der Waals surface area contributed by atoms with Crippen LogP contribution in [0, 0.1) is 19.8 Å². The van der Waals surface area contributed by atoms with Crippen molar-refractivity contribution in [1.82, 2.24) is 0 Å². The summed E-state index contributed by atoms with van der Waals surface area (Å²) < 4.78 is 0. The fourth-order valence-corrected chi connectivity index (χ4v) is 2.10. The average molecular weight is 235 g/mol. The lowest BCUT2D eigenvalue weighted by atomic mass is 9.91. The topological polar surface area (TPSA) is 63.3 Å². The summed E-state index contributed by atoms with van der Waals surface area (Å²) >= 11 is 0. The van der Waals surface area contributed by atoms with Crippen molar-refractivity contribution in [2.75, 3.05) is 0 Å². The monoisotopic (exact) mass is 235 g/mol. The number of nitrogens with two attached hydrogens (primary N) is 1. The maximum atomic E-state index is 10.6. The van der Waals surface area contributed by atoms with Crippen LogP contribution < -0.4 is 5.73 Å². The first-order chi connectivity index (χ1) is 7.90. The van der Waals surface area contributed by atoms with E-state index < -0.39 is 5.97 Å². The molecule has 0 radical (unpaired) electrons. The molecule has 1 aromatic rings. The molecule has 0 fully saturated rings. The van der Waals surface area contributed by atoms with E-state index in [1.165, 1.54) is 11.1 Å². The van der Waals surface area contributed by atoms with Crippen molar-refractivity contribution in [2.45, 2.75) is 39.7 Å². The summed E-state index contributed by atoms with van der Waals surface area (Å²) in [5.74, 6) is -0.659. The Morgan fingerprint density at radius 3 is 2.65 bits per heavy atom. The lowest BCUT2D eigenvalue weighted by molar-refractivity contribution is -0.138. The molecule has 0 aliphatic carbocycles. The van der Waals surface area contributed by atoms with Gasteiger partial charge in [-0.1, -0.05) is 30.7 Å². The lowest BCUT2D eigenvalue weighted by Gasteiger charge is -2.18. The quantitative estimate of drug-likeness (QED) is 0.824. The van der Waals surface area contributed by atoms with Gasteiger partial charge in [0.05, 0.1) is 0 Å². The third-order valence-electron chi connectivity index (χ3n) is 3.01. The maximum Gasteiger partial charge on any atom is 0.303 e. The van der Waals surface area contributed by atoms with Gasteiger partial charge in [-0.3, -0.25) is 4.79 Å². The molecule has 1 rings (SSSR count). The normalized spacial score (nSPS) is 14.4. The van der Waals surface area contributed by atoms with Crippen molar-refractivity contribution in [3.63, 3.8) is 0 Å². The summed E-state index contributed by atoms with van der Waals surface area (Å²) in [4.78, 5) is 10.6. The number of carboxylic acid groups (broad SMARTS) is 1. The van der Waals surface area contributed by atoms with E-state index >= 15 is 0 Å². The molecule has 94 valence electrons. The molecule has 17 heavy (non-hydrogen) atoms. The van der Waals surface area contributed by atoms with Crippen LogP contribution in [0.15, 0.2) is 18.2 Å². The number of carbonyl (C=O) groups is 1. The van der Waals surface area contributed by atoms with Gasteiger partial charge in [0.15, 0.2) is 0 Å². The van der Waals surface area contributed by atoms with Crippen molar-refractivity contribution in [1.29, 1.82) is 0 Å². The van der Waals surface area contributed by atoms with Gasteiger partial charge in [-0.2, -0.15) is 0 Å². The van der Waals surface area contributed by atoms with Crippen LogP contribution in [0.5, 0.6) is 0 Å². The SMILES string of the molecule is Cc1ccc(C)c(C(N)CC(C)CC(=O)O)c1. The zero-order chi connectivity index (χ0) is 13.0. The second-order valence-electron chi connectivity index (χ2n) is 4.91. The molecular formula is C14H21NO2. The fraction of sp³-hybridized carbons (Fsp3) is 0.500. The van der Waals surface area contributed by atoms with E-state index in [4.69, 9.17) is 10.8 Å². The largest absolute Gasteiger partial charge is 0.481 e. The Morgan fingerprint density at radius 1 is 1.41 bits per heavy atom. The minimum Gasteiger partial charge on any atom is -0.481 e. The van der Waals surface area contributed by atoms with Crippen LogP contribution in [0.3, 0.4) is 0 Å².